The van der Waals surface area contributed by atoms with E-state index >= 15 is 0 Å². The lowest BCUT2D eigenvalue weighted by atomic mass is 9.87. The molecule has 0 aliphatic carbocycles. The van der Waals surface area contributed by atoms with Gasteiger partial charge in [0.2, 0.25) is 0 Å². The Morgan fingerprint density at radius 2 is 2.23 bits per heavy atom. The summed E-state index contributed by atoms with van der Waals surface area (Å²) in [6.07, 6.45) is 5.84. The first-order chi connectivity index (χ1) is 10.2. The SMILES string of the molecule is CCC(CC)C1CCN(C(=NC)NCc2cnc(C)s2)C1.I. The molecule has 4 nitrogen and oxygen atoms in total. The minimum atomic E-state index is 0. The average Bonchev–Trinajstić information content (AvgIpc) is 3.11. The Balaban J connectivity index is 0.00000242. The lowest BCUT2D eigenvalue weighted by molar-refractivity contribution is 0.319. The van der Waals surface area contributed by atoms with Crippen molar-refractivity contribution in [3.8, 4) is 0 Å². The van der Waals surface area contributed by atoms with Crippen LogP contribution in [-0.2, 0) is 6.54 Å². The molecule has 1 N–H and O–H groups in total. The summed E-state index contributed by atoms with van der Waals surface area (Å²) in [5.74, 6) is 2.72. The Kier molecular flexibility index (Phi) is 8.67. The van der Waals surface area contributed by atoms with Gasteiger partial charge in [-0.3, -0.25) is 4.99 Å². The van der Waals surface area contributed by atoms with E-state index < -0.39 is 0 Å². The van der Waals surface area contributed by atoms with Gasteiger partial charge in [0.25, 0.3) is 0 Å². The fourth-order valence-corrected chi connectivity index (χ4v) is 4.04. The maximum absolute atomic E-state index is 4.45. The molecule has 1 aromatic rings. The second kappa shape index (κ2) is 9.70. The zero-order chi connectivity index (χ0) is 15.2. The highest BCUT2D eigenvalue weighted by Crippen LogP contribution is 2.28. The van der Waals surface area contributed by atoms with Crippen molar-refractivity contribution in [1.29, 1.82) is 0 Å². The summed E-state index contributed by atoms with van der Waals surface area (Å²) in [5, 5.41) is 4.60. The van der Waals surface area contributed by atoms with E-state index in [9.17, 15) is 0 Å². The maximum Gasteiger partial charge on any atom is 0.193 e. The van der Waals surface area contributed by atoms with Crippen molar-refractivity contribution in [3.05, 3.63) is 16.1 Å². The van der Waals surface area contributed by atoms with Crippen LogP contribution in [0.3, 0.4) is 0 Å². The van der Waals surface area contributed by atoms with Gasteiger partial charge >= 0.3 is 0 Å². The van der Waals surface area contributed by atoms with Crippen LogP contribution >= 0.6 is 35.3 Å². The lowest BCUT2D eigenvalue weighted by Crippen LogP contribution is -2.39. The van der Waals surface area contributed by atoms with E-state index in [0.29, 0.717) is 0 Å². The van der Waals surface area contributed by atoms with Gasteiger partial charge in [0.05, 0.1) is 11.6 Å². The highest BCUT2D eigenvalue weighted by Gasteiger charge is 2.29. The first-order valence-corrected chi connectivity index (χ1v) is 8.86. The molecule has 1 atom stereocenters. The minimum Gasteiger partial charge on any atom is -0.351 e. The highest BCUT2D eigenvalue weighted by atomic mass is 127. The number of aliphatic imine (C=N–C) groups is 1. The van der Waals surface area contributed by atoms with E-state index in [0.717, 1.165) is 42.4 Å². The monoisotopic (exact) mass is 436 g/mol. The number of aryl methyl sites for hydroxylation is 1. The average molecular weight is 436 g/mol. The van der Waals surface area contributed by atoms with Crippen LogP contribution in [-0.4, -0.2) is 36.0 Å². The number of guanidine groups is 1. The molecular formula is C16H29IN4S. The van der Waals surface area contributed by atoms with Crippen molar-refractivity contribution < 1.29 is 0 Å². The van der Waals surface area contributed by atoms with Gasteiger partial charge in [0.1, 0.15) is 0 Å². The molecule has 22 heavy (non-hydrogen) atoms. The fraction of sp³-hybridized carbons (Fsp3) is 0.750. The largest absolute Gasteiger partial charge is 0.351 e. The van der Waals surface area contributed by atoms with Crippen LogP contribution in [0.2, 0.25) is 0 Å². The van der Waals surface area contributed by atoms with Gasteiger partial charge in [0, 0.05) is 31.2 Å². The van der Waals surface area contributed by atoms with Gasteiger partial charge in [-0.2, -0.15) is 0 Å². The number of likely N-dealkylation sites (tertiary alicyclic amines) is 1. The number of nitrogens with zero attached hydrogens (tertiary/aromatic N) is 3. The van der Waals surface area contributed by atoms with Crippen LogP contribution in [0.4, 0.5) is 0 Å². The van der Waals surface area contributed by atoms with E-state index in [1.54, 1.807) is 11.3 Å². The predicted octanol–water partition coefficient (Wildman–Crippen LogP) is 3.90. The molecule has 1 unspecified atom stereocenters. The second-order valence-corrected chi connectivity index (χ2v) is 7.14. The molecule has 0 saturated carbocycles. The molecule has 2 heterocycles. The third kappa shape index (κ3) is 5.08. The summed E-state index contributed by atoms with van der Waals surface area (Å²) in [6, 6.07) is 0. The number of hydrogen-bond donors (Lipinski definition) is 1. The van der Waals surface area contributed by atoms with Crippen LogP contribution in [0.15, 0.2) is 11.2 Å². The summed E-state index contributed by atoms with van der Waals surface area (Å²) >= 11 is 1.75. The molecule has 1 aliphatic heterocycles. The zero-order valence-electron chi connectivity index (χ0n) is 14.1. The van der Waals surface area contributed by atoms with Crippen LogP contribution in [0.25, 0.3) is 0 Å². The van der Waals surface area contributed by atoms with Crippen molar-refractivity contribution in [3.63, 3.8) is 0 Å². The van der Waals surface area contributed by atoms with Crippen LogP contribution in [0.1, 0.15) is 43.0 Å². The molecule has 1 fully saturated rings. The number of hydrogen-bond acceptors (Lipinski definition) is 3. The number of aromatic nitrogens is 1. The van der Waals surface area contributed by atoms with Crippen molar-refractivity contribution >= 4 is 41.3 Å². The van der Waals surface area contributed by atoms with Gasteiger partial charge in [-0.25, -0.2) is 4.98 Å². The predicted molar refractivity (Wildman–Crippen MR) is 106 cm³/mol. The van der Waals surface area contributed by atoms with Crippen molar-refractivity contribution in [2.45, 2.75) is 46.6 Å². The van der Waals surface area contributed by atoms with Crippen molar-refractivity contribution in [2.75, 3.05) is 20.1 Å². The molecule has 6 heteroatoms. The first-order valence-electron chi connectivity index (χ1n) is 8.04. The number of nitrogens with one attached hydrogen (secondary N) is 1. The first kappa shape index (κ1) is 19.7. The van der Waals surface area contributed by atoms with Gasteiger partial charge < -0.3 is 10.2 Å². The van der Waals surface area contributed by atoms with Crippen LogP contribution < -0.4 is 5.32 Å². The van der Waals surface area contributed by atoms with E-state index in [4.69, 9.17) is 0 Å². The Labute approximate surface area is 155 Å². The molecule has 1 saturated heterocycles. The number of rotatable bonds is 5. The quantitative estimate of drug-likeness (QED) is 0.433. The lowest BCUT2D eigenvalue weighted by Gasteiger charge is -2.24. The molecule has 0 amide bonds. The maximum atomic E-state index is 4.45. The van der Waals surface area contributed by atoms with Crippen LogP contribution in [0.5, 0.6) is 0 Å². The molecule has 1 aliphatic rings. The van der Waals surface area contributed by atoms with Crippen molar-refractivity contribution in [2.24, 2.45) is 16.8 Å². The highest BCUT2D eigenvalue weighted by molar-refractivity contribution is 14.0. The smallest absolute Gasteiger partial charge is 0.193 e. The van der Waals surface area contributed by atoms with Crippen LogP contribution in [0, 0.1) is 18.8 Å². The zero-order valence-corrected chi connectivity index (χ0v) is 17.3. The van der Waals surface area contributed by atoms with Gasteiger partial charge in [0.15, 0.2) is 5.96 Å². The summed E-state index contributed by atoms with van der Waals surface area (Å²) in [4.78, 5) is 12.4. The summed E-state index contributed by atoms with van der Waals surface area (Å²) in [5.41, 5.74) is 0. The molecular weight excluding hydrogens is 407 g/mol. The summed E-state index contributed by atoms with van der Waals surface area (Å²) in [6.45, 7) is 9.77. The molecule has 0 radical (unpaired) electrons. The van der Waals surface area contributed by atoms with Gasteiger partial charge in [-0.15, -0.1) is 35.3 Å². The molecule has 1 aromatic heterocycles. The minimum absolute atomic E-state index is 0. The summed E-state index contributed by atoms with van der Waals surface area (Å²) < 4.78 is 0. The van der Waals surface area contributed by atoms with E-state index in [1.165, 1.54) is 24.1 Å². The van der Waals surface area contributed by atoms with Crippen molar-refractivity contribution in [1.82, 2.24) is 15.2 Å². The normalized spacial score (nSPS) is 18.7. The molecule has 0 bridgehead atoms. The topological polar surface area (TPSA) is 40.5 Å². The van der Waals surface area contributed by atoms with Gasteiger partial charge in [-0.05, 0) is 25.2 Å². The molecule has 0 spiro atoms. The molecule has 2 rings (SSSR count). The third-order valence-corrected chi connectivity index (χ3v) is 5.45. The van der Waals surface area contributed by atoms with Gasteiger partial charge in [-0.1, -0.05) is 26.7 Å². The number of thiazole rings is 1. The standard InChI is InChI=1S/C16H28N4S.HI/c1-5-13(6-2)14-7-8-20(11-14)16(17-4)19-10-15-9-18-12(3)21-15;/h9,13-14H,5-8,10-11H2,1-4H3,(H,17,19);1H. The van der Waals surface area contributed by atoms with E-state index in [1.807, 2.05) is 20.2 Å². The Morgan fingerprint density at radius 1 is 1.50 bits per heavy atom. The number of halogens is 1. The second-order valence-electron chi connectivity index (χ2n) is 5.82. The summed E-state index contributed by atoms with van der Waals surface area (Å²) in [7, 11) is 1.88. The Bertz CT molecular complexity index is 470. The van der Waals surface area contributed by atoms with E-state index in [2.05, 4.69) is 34.0 Å². The van der Waals surface area contributed by atoms with E-state index in [-0.39, 0.29) is 24.0 Å². The Hall–Kier alpha value is -0.370. The Morgan fingerprint density at radius 3 is 2.77 bits per heavy atom. The fourth-order valence-electron chi connectivity index (χ4n) is 3.31. The molecule has 126 valence electrons. The molecule has 0 aromatic carbocycles. The third-order valence-electron chi connectivity index (χ3n) is 4.54.